The van der Waals surface area contributed by atoms with E-state index in [2.05, 4.69) is 39.7 Å². The van der Waals surface area contributed by atoms with Crippen LogP contribution in [0, 0.1) is 0 Å². The minimum absolute atomic E-state index is 0.157. The van der Waals surface area contributed by atoms with E-state index < -0.39 is 5.60 Å². The van der Waals surface area contributed by atoms with Crippen LogP contribution in [0.2, 0.25) is 0 Å². The van der Waals surface area contributed by atoms with Crippen molar-refractivity contribution >= 4 is 10.9 Å². The average molecular weight is 365 g/mol. The van der Waals surface area contributed by atoms with E-state index in [4.69, 9.17) is 0 Å². The Hall–Kier alpha value is -2.21. The van der Waals surface area contributed by atoms with Crippen molar-refractivity contribution in [3.8, 4) is 0 Å². The summed E-state index contributed by atoms with van der Waals surface area (Å²) in [7, 11) is 2.15. The van der Waals surface area contributed by atoms with Gasteiger partial charge >= 0.3 is 0 Å². The van der Waals surface area contributed by atoms with Crippen LogP contribution in [0.4, 0.5) is 0 Å². The van der Waals surface area contributed by atoms with Gasteiger partial charge in [0, 0.05) is 60.7 Å². The summed E-state index contributed by atoms with van der Waals surface area (Å²) in [5.74, 6) is 0. The van der Waals surface area contributed by atoms with Crippen molar-refractivity contribution in [3.05, 3.63) is 65.1 Å². The Morgan fingerprint density at radius 3 is 2.85 bits per heavy atom. The number of likely N-dealkylation sites (N-methyl/N-ethyl adjacent to an activating group) is 1. The van der Waals surface area contributed by atoms with Crippen LogP contribution < -0.4 is 0 Å². The summed E-state index contributed by atoms with van der Waals surface area (Å²) in [6.07, 6.45) is 5.11. The van der Waals surface area contributed by atoms with Crippen molar-refractivity contribution in [1.29, 1.82) is 0 Å². The number of fused-ring (bicyclic) bond motifs is 3. The smallest absolute Gasteiger partial charge is 0.106 e. The van der Waals surface area contributed by atoms with Crippen molar-refractivity contribution < 1.29 is 10.2 Å². The molecule has 0 spiro atoms. The third-order valence-electron chi connectivity index (χ3n) is 5.66. The lowest BCUT2D eigenvalue weighted by molar-refractivity contribution is 0.0381. The normalized spacial score (nSPS) is 17.0. The van der Waals surface area contributed by atoms with Gasteiger partial charge in [0.25, 0.3) is 0 Å². The molecule has 0 radical (unpaired) electrons. The molecular weight excluding hydrogens is 338 g/mol. The Bertz CT molecular complexity index is 947. The van der Waals surface area contributed by atoms with Gasteiger partial charge in [0.1, 0.15) is 5.60 Å². The second-order valence-corrected chi connectivity index (χ2v) is 7.84. The number of hydrogen-bond donors (Lipinski definition) is 2. The van der Waals surface area contributed by atoms with Crippen LogP contribution in [0.15, 0.2) is 42.7 Å². The highest BCUT2D eigenvalue weighted by Crippen LogP contribution is 2.34. The maximum atomic E-state index is 11.2. The van der Waals surface area contributed by atoms with Gasteiger partial charge in [-0.1, -0.05) is 12.1 Å². The zero-order chi connectivity index (χ0) is 19.0. The molecule has 0 saturated carbocycles. The lowest BCUT2D eigenvalue weighted by Crippen LogP contribution is -2.31. The number of hydrogen-bond acceptors (Lipinski definition) is 4. The maximum Gasteiger partial charge on any atom is 0.106 e. The van der Waals surface area contributed by atoms with Gasteiger partial charge in [-0.2, -0.15) is 0 Å². The van der Waals surface area contributed by atoms with E-state index in [1.807, 2.05) is 19.1 Å². The molecule has 4 rings (SSSR count). The zero-order valence-corrected chi connectivity index (χ0v) is 16.0. The van der Waals surface area contributed by atoms with Gasteiger partial charge in [0.05, 0.1) is 6.54 Å². The van der Waals surface area contributed by atoms with E-state index in [-0.39, 0.29) is 6.61 Å². The summed E-state index contributed by atoms with van der Waals surface area (Å²) in [6.45, 7) is 4.44. The van der Waals surface area contributed by atoms with Crippen molar-refractivity contribution in [2.45, 2.75) is 38.5 Å². The highest BCUT2D eigenvalue weighted by atomic mass is 16.3. The van der Waals surface area contributed by atoms with Crippen LogP contribution in [-0.2, 0) is 31.5 Å². The average Bonchev–Trinajstić information content (AvgIpc) is 2.95. The van der Waals surface area contributed by atoms with Gasteiger partial charge in [0.15, 0.2) is 0 Å². The quantitative estimate of drug-likeness (QED) is 0.729. The fourth-order valence-electron chi connectivity index (χ4n) is 4.18. The molecule has 3 heterocycles. The monoisotopic (exact) mass is 365 g/mol. The fourth-order valence-corrected chi connectivity index (χ4v) is 4.18. The number of pyridine rings is 1. The molecule has 0 fully saturated rings. The number of aliphatic hydroxyl groups is 2. The van der Waals surface area contributed by atoms with Gasteiger partial charge in [0.2, 0.25) is 0 Å². The first-order chi connectivity index (χ1) is 13.0. The molecule has 0 saturated heterocycles. The molecule has 1 unspecified atom stereocenters. The molecule has 0 aliphatic carbocycles. The topological polar surface area (TPSA) is 61.5 Å². The molecule has 27 heavy (non-hydrogen) atoms. The van der Waals surface area contributed by atoms with Crippen molar-refractivity contribution in [2.75, 3.05) is 20.2 Å². The van der Waals surface area contributed by atoms with Crippen LogP contribution in [0.3, 0.4) is 0 Å². The second-order valence-electron chi connectivity index (χ2n) is 7.84. The molecule has 2 N–H and O–H groups in total. The van der Waals surface area contributed by atoms with E-state index >= 15 is 0 Å². The van der Waals surface area contributed by atoms with Crippen LogP contribution in [0.5, 0.6) is 0 Å². The second kappa shape index (κ2) is 7.08. The molecule has 3 aromatic rings. The standard InChI is InChI=1S/C22H27N3O2/c1-22(27,17-4-3-9-23-13-17)15-25-20-6-5-16(8-11-26)12-18(20)19-14-24(2)10-7-21(19)25/h3-6,9,12-13,26-27H,7-8,10-11,14-15H2,1-2H3. The lowest BCUT2D eigenvalue weighted by Gasteiger charge is -2.28. The van der Waals surface area contributed by atoms with Crippen LogP contribution in [-0.4, -0.2) is 44.9 Å². The molecule has 5 nitrogen and oxygen atoms in total. The first-order valence-corrected chi connectivity index (χ1v) is 9.55. The van der Waals surface area contributed by atoms with Crippen LogP contribution in [0.25, 0.3) is 10.9 Å². The third-order valence-corrected chi connectivity index (χ3v) is 5.66. The highest BCUT2D eigenvalue weighted by molar-refractivity contribution is 5.86. The van der Waals surface area contributed by atoms with Crippen LogP contribution in [0.1, 0.15) is 29.3 Å². The van der Waals surface area contributed by atoms with Gasteiger partial charge in [-0.05, 0) is 49.7 Å². The Labute approximate surface area is 159 Å². The van der Waals surface area contributed by atoms with E-state index in [0.29, 0.717) is 13.0 Å². The van der Waals surface area contributed by atoms with E-state index in [1.54, 1.807) is 12.4 Å². The number of aromatic nitrogens is 2. The van der Waals surface area contributed by atoms with Gasteiger partial charge in [-0.15, -0.1) is 0 Å². The van der Waals surface area contributed by atoms with E-state index in [0.717, 1.165) is 36.2 Å². The van der Waals surface area contributed by atoms with Gasteiger partial charge in [-0.3, -0.25) is 4.98 Å². The first kappa shape index (κ1) is 18.2. The first-order valence-electron chi connectivity index (χ1n) is 9.55. The number of rotatable bonds is 5. The molecule has 1 atom stereocenters. The molecule has 2 aromatic heterocycles. The summed E-state index contributed by atoms with van der Waals surface area (Å²) in [4.78, 5) is 6.51. The SMILES string of the molecule is CN1CCc2c(c3cc(CCO)ccc3n2CC(C)(O)c2cccnc2)C1. The molecule has 5 heteroatoms. The van der Waals surface area contributed by atoms with Crippen molar-refractivity contribution in [3.63, 3.8) is 0 Å². The maximum absolute atomic E-state index is 11.2. The summed E-state index contributed by atoms with van der Waals surface area (Å²) in [6, 6.07) is 10.2. The summed E-state index contributed by atoms with van der Waals surface area (Å²) >= 11 is 0. The Morgan fingerprint density at radius 1 is 1.26 bits per heavy atom. The van der Waals surface area contributed by atoms with Crippen molar-refractivity contribution in [2.24, 2.45) is 0 Å². The van der Waals surface area contributed by atoms with E-state index in [9.17, 15) is 10.2 Å². The minimum atomic E-state index is -0.999. The number of nitrogens with zero attached hydrogens (tertiary/aromatic N) is 3. The predicted octanol–water partition coefficient (Wildman–Crippen LogP) is 2.47. The largest absolute Gasteiger partial charge is 0.396 e. The molecule has 142 valence electrons. The highest BCUT2D eigenvalue weighted by Gasteiger charge is 2.29. The summed E-state index contributed by atoms with van der Waals surface area (Å²) in [5, 5.41) is 21.7. The molecule has 0 amide bonds. The van der Waals surface area contributed by atoms with Gasteiger partial charge < -0.3 is 19.7 Å². The lowest BCUT2D eigenvalue weighted by atomic mass is 9.97. The summed E-state index contributed by atoms with van der Waals surface area (Å²) < 4.78 is 2.29. The Balaban J connectivity index is 1.82. The molecular formula is C22H27N3O2. The predicted molar refractivity (Wildman–Crippen MR) is 107 cm³/mol. The Morgan fingerprint density at radius 2 is 2.11 bits per heavy atom. The number of aliphatic hydroxyl groups excluding tert-OH is 1. The van der Waals surface area contributed by atoms with Crippen molar-refractivity contribution in [1.82, 2.24) is 14.5 Å². The number of benzene rings is 1. The molecule has 1 aliphatic heterocycles. The molecule has 1 aromatic carbocycles. The molecule has 1 aliphatic rings. The third kappa shape index (κ3) is 3.38. The van der Waals surface area contributed by atoms with Crippen LogP contribution >= 0.6 is 0 Å². The van der Waals surface area contributed by atoms with E-state index in [1.165, 1.54) is 16.6 Å². The minimum Gasteiger partial charge on any atom is -0.396 e. The fraction of sp³-hybridized carbons (Fsp3) is 0.409. The zero-order valence-electron chi connectivity index (χ0n) is 16.0. The Kier molecular flexibility index (Phi) is 4.76. The molecule has 0 bridgehead atoms. The summed E-state index contributed by atoms with van der Waals surface area (Å²) in [5.41, 5.74) is 4.79. The van der Waals surface area contributed by atoms with Gasteiger partial charge in [-0.25, -0.2) is 0 Å².